The van der Waals surface area contributed by atoms with Gasteiger partial charge in [0.15, 0.2) is 0 Å². The summed E-state index contributed by atoms with van der Waals surface area (Å²) in [4.78, 5) is 0. The molecule has 0 bridgehead atoms. The van der Waals surface area contributed by atoms with Crippen LogP contribution >= 0.6 is 0 Å². The Morgan fingerprint density at radius 1 is 0.667 bits per heavy atom. The quantitative estimate of drug-likeness (QED) is 0.340. The normalized spacial score (nSPS) is 13.3. The van der Waals surface area contributed by atoms with Crippen molar-refractivity contribution in [2.45, 2.75) is 45.2 Å². The standard InChI is InChI=1S/C8H16B19/c1-6(2)8(5,21(23(12)13)26(18)24(14)15)7(3,4)20(22(10)11)27(19-9)25(16)17/h6H,1-5H3. The van der Waals surface area contributed by atoms with Gasteiger partial charge in [-0.25, -0.2) is 0 Å². The summed E-state index contributed by atoms with van der Waals surface area (Å²) in [7, 11) is 62.2. The van der Waals surface area contributed by atoms with E-state index in [1.54, 1.807) is 0 Å². The van der Waals surface area contributed by atoms with Gasteiger partial charge < -0.3 is 0 Å². The van der Waals surface area contributed by atoms with E-state index in [4.69, 9.17) is 77.4 Å². The van der Waals surface area contributed by atoms with E-state index >= 15 is 0 Å². The second-order valence-corrected chi connectivity index (χ2v) is 8.87. The smallest absolute Gasteiger partial charge is 0.0527 e. The molecule has 0 saturated carbocycles. The third kappa shape index (κ3) is 5.90. The van der Waals surface area contributed by atoms with Gasteiger partial charge in [0, 0.05) is 123 Å². The predicted octanol–water partition coefficient (Wildman–Crippen LogP) is -4.12. The van der Waals surface area contributed by atoms with Gasteiger partial charge in [-0.15, -0.1) is 0 Å². The first-order valence-corrected chi connectivity index (χ1v) is 9.44. The van der Waals surface area contributed by atoms with Crippen LogP contribution < -0.4 is 0 Å². The molecule has 0 N–H and O–H groups in total. The third-order valence-corrected chi connectivity index (χ3v) is 6.88. The largest absolute Gasteiger partial charge is 0.0755 e. The molecule has 27 heavy (non-hydrogen) atoms. The molecule has 0 fully saturated rings. The summed E-state index contributed by atoms with van der Waals surface area (Å²) in [6, 6.07) is 0. The van der Waals surface area contributed by atoms with Gasteiger partial charge in [-0.3, -0.25) is 0 Å². The van der Waals surface area contributed by atoms with Gasteiger partial charge >= 0.3 is 0 Å². The number of rotatable bonds is 11. The fraction of sp³-hybridized carbons (Fsp3) is 1.00. The van der Waals surface area contributed by atoms with Crippen molar-refractivity contribution in [3.8, 4) is 0 Å². The molecule has 0 aromatic rings. The average Bonchev–Trinajstić information content (AvgIpc) is 2.50. The minimum absolute atomic E-state index is 0.0746. The van der Waals surface area contributed by atoms with Crippen molar-refractivity contribution in [2.75, 3.05) is 0 Å². The van der Waals surface area contributed by atoms with Crippen LogP contribution in [0.3, 0.4) is 0 Å². The van der Waals surface area contributed by atoms with E-state index in [1.807, 2.05) is 13.8 Å². The molecular formula is C8H16B19. The Hall–Kier alpha value is 1.23. The highest BCUT2D eigenvalue weighted by atomic mass is 14.4. The highest BCUT2D eigenvalue weighted by Gasteiger charge is 2.57. The van der Waals surface area contributed by atoms with Crippen molar-refractivity contribution in [3.63, 3.8) is 0 Å². The van der Waals surface area contributed by atoms with Crippen LogP contribution in [0.25, 0.3) is 0 Å². The first-order chi connectivity index (χ1) is 12.1. The summed E-state index contributed by atoms with van der Waals surface area (Å²) < 4.78 is 0. The summed E-state index contributed by atoms with van der Waals surface area (Å²) in [6.07, 6.45) is -4.11. The lowest BCUT2D eigenvalue weighted by atomic mass is 8.56. The van der Waals surface area contributed by atoms with Crippen molar-refractivity contribution in [1.29, 1.82) is 0 Å². The Morgan fingerprint density at radius 2 is 1.07 bits per heavy atom. The van der Waals surface area contributed by atoms with Crippen LogP contribution in [0.4, 0.5) is 0 Å². The molecule has 19 heteroatoms. The van der Waals surface area contributed by atoms with Crippen LogP contribution in [0.2, 0.25) is 10.6 Å². The van der Waals surface area contributed by atoms with Gasteiger partial charge in [-0.2, -0.15) is 0 Å². The monoisotopic (exact) mass is 321 g/mol. The lowest BCUT2D eigenvalue weighted by molar-refractivity contribution is 0.348. The molecule has 0 heterocycles. The van der Waals surface area contributed by atoms with Crippen LogP contribution in [-0.2, 0) is 0 Å². The molecule has 0 rings (SSSR count). The lowest BCUT2D eigenvalue weighted by Crippen LogP contribution is -2.73. The lowest BCUT2D eigenvalue weighted by Gasteiger charge is -2.61. The van der Waals surface area contributed by atoms with Crippen LogP contribution in [0.5, 0.6) is 0 Å². The van der Waals surface area contributed by atoms with Gasteiger partial charge in [0.25, 0.3) is 0 Å². The fourth-order valence-corrected chi connectivity index (χ4v) is 4.92. The van der Waals surface area contributed by atoms with E-state index in [-0.39, 0.29) is 12.4 Å². The molecule has 0 nitrogen and oxygen atoms in total. The van der Waals surface area contributed by atoms with E-state index in [0.717, 1.165) is 0 Å². The highest BCUT2D eigenvalue weighted by Crippen LogP contribution is 2.60. The second kappa shape index (κ2) is 11.0. The molecule has 0 amide bonds. The van der Waals surface area contributed by atoms with E-state index in [9.17, 15) is 0 Å². The molecule has 0 saturated heterocycles. The number of hydrogen-bond donors (Lipinski definition) is 0. The van der Waals surface area contributed by atoms with Crippen molar-refractivity contribution in [2.24, 2.45) is 5.92 Å². The summed E-state index contributed by atoms with van der Waals surface area (Å²) in [5.41, 5.74) is 0. The van der Waals surface area contributed by atoms with Crippen molar-refractivity contribution in [1.82, 2.24) is 0 Å². The fourth-order valence-electron chi connectivity index (χ4n) is 4.92. The van der Waals surface area contributed by atoms with Crippen LogP contribution in [0, 0.1) is 5.92 Å². The molecule has 0 aromatic heterocycles. The zero-order chi connectivity index (χ0) is 21.9. The van der Waals surface area contributed by atoms with E-state index in [1.165, 1.54) is 7.06 Å². The molecule has 0 aliphatic carbocycles. The number of hydrogen-bond acceptors (Lipinski definition) is 0. The van der Waals surface area contributed by atoms with Crippen molar-refractivity contribution < 1.29 is 0 Å². The van der Waals surface area contributed by atoms with E-state index < -0.39 is 55.4 Å². The first kappa shape index (κ1) is 28.2. The van der Waals surface area contributed by atoms with Gasteiger partial charge in [-0.1, -0.05) is 45.2 Å². The van der Waals surface area contributed by atoms with Crippen LogP contribution in [0.1, 0.15) is 34.6 Å². The van der Waals surface area contributed by atoms with Gasteiger partial charge in [0.05, 0.1) is 13.0 Å². The third-order valence-electron chi connectivity index (χ3n) is 6.88. The molecule has 21 radical (unpaired) electrons. The topological polar surface area (TPSA) is 0 Å². The molecule has 0 aliphatic rings. The molecule has 1 unspecified atom stereocenters. The molecule has 0 aromatic carbocycles. The van der Waals surface area contributed by atoms with E-state index in [0.29, 0.717) is 0 Å². The summed E-state index contributed by atoms with van der Waals surface area (Å²) in [6.45, 7) is 9.45. The van der Waals surface area contributed by atoms with Gasteiger partial charge in [0.2, 0.25) is 0 Å². The minimum Gasteiger partial charge on any atom is -0.0755 e. The van der Waals surface area contributed by atoms with E-state index in [2.05, 4.69) is 20.8 Å². The van der Waals surface area contributed by atoms with Gasteiger partial charge in [0.1, 0.15) is 0 Å². The van der Waals surface area contributed by atoms with Crippen LogP contribution in [0.15, 0.2) is 0 Å². The van der Waals surface area contributed by atoms with Crippen molar-refractivity contribution >= 4 is 136 Å². The zero-order valence-electron chi connectivity index (χ0n) is 17.5. The molecule has 0 aliphatic heterocycles. The Bertz CT molecular complexity index is 435. The zero-order valence-corrected chi connectivity index (χ0v) is 17.5. The Morgan fingerprint density at radius 3 is 1.30 bits per heavy atom. The summed E-state index contributed by atoms with van der Waals surface area (Å²) in [5.74, 6) is 0.0746. The Balaban J connectivity index is 6.63. The maximum atomic E-state index is 6.37. The maximum Gasteiger partial charge on any atom is 0.0527 e. The first-order valence-electron chi connectivity index (χ1n) is 9.44. The molecule has 0 spiro atoms. The predicted molar refractivity (Wildman–Crippen MR) is 147 cm³/mol. The summed E-state index contributed by atoms with van der Waals surface area (Å²) in [5, 5.41) is -1.16. The van der Waals surface area contributed by atoms with Crippen molar-refractivity contribution in [3.05, 3.63) is 0 Å². The van der Waals surface area contributed by atoms with Crippen LogP contribution in [-0.4, -0.2) is 136 Å². The Labute approximate surface area is 186 Å². The molecule has 105 valence electrons. The highest BCUT2D eigenvalue weighted by molar-refractivity contribution is 7.96. The molecule has 1 atom stereocenters. The Kier molecular flexibility index (Phi) is 11.5. The second-order valence-electron chi connectivity index (χ2n) is 8.87. The molecular weight excluding hydrogens is 302 g/mol. The van der Waals surface area contributed by atoms with Gasteiger partial charge in [-0.05, 0) is 5.92 Å². The SMILES string of the molecule is [B][B]B(B([B])[B])B(B([B])[B])C(C)(C)C(C)(B(B([B])[B])B([B])B([B])[B])C(C)C. The minimum atomic E-state index is -0.794. The average molecular weight is 318 g/mol. The summed E-state index contributed by atoms with van der Waals surface area (Å²) >= 11 is 0. The maximum absolute atomic E-state index is 6.37.